The number of aromatic nitrogens is 2. The summed E-state index contributed by atoms with van der Waals surface area (Å²) in [6.45, 7) is 4.10. The average Bonchev–Trinajstić information content (AvgIpc) is 3.21. The maximum Gasteiger partial charge on any atom is 0.262 e. The number of benzene rings is 1. The first-order chi connectivity index (χ1) is 12.9. The van der Waals surface area contributed by atoms with E-state index < -0.39 is 0 Å². The number of carbonyl (C=O) groups is 1. The van der Waals surface area contributed by atoms with Gasteiger partial charge in [0.25, 0.3) is 5.56 Å². The first-order valence-corrected chi connectivity index (χ1v) is 10.0. The lowest BCUT2D eigenvalue weighted by atomic mass is 10.2. The highest BCUT2D eigenvalue weighted by atomic mass is 32.2. The molecule has 1 amide bonds. The van der Waals surface area contributed by atoms with Gasteiger partial charge in [0.1, 0.15) is 4.83 Å². The van der Waals surface area contributed by atoms with E-state index in [1.807, 2.05) is 13.8 Å². The molecule has 0 atom stereocenters. The molecule has 0 radical (unpaired) electrons. The first-order valence-electron chi connectivity index (χ1n) is 8.23. The summed E-state index contributed by atoms with van der Waals surface area (Å²) in [7, 11) is 1.68. The first kappa shape index (κ1) is 17.9. The molecule has 2 aromatic heterocycles. The molecule has 0 saturated carbocycles. The van der Waals surface area contributed by atoms with Crippen LogP contribution in [-0.4, -0.2) is 28.0 Å². The Hall–Kier alpha value is -2.52. The fourth-order valence-electron chi connectivity index (χ4n) is 2.79. The number of ether oxygens (including phenoxy) is 2. The van der Waals surface area contributed by atoms with Crippen molar-refractivity contribution in [1.29, 1.82) is 0 Å². The number of hydrogen-bond acceptors (Lipinski definition) is 7. The molecule has 3 aromatic rings. The van der Waals surface area contributed by atoms with E-state index in [0.717, 1.165) is 10.4 Å². The molecule has 9 heteroatoms. The molecule has 0 aliphatic carbocycles. The zero-order valence-electron chi connectivity index (χ0n) is 15.0. The van der Waals surface area contributed by atoms with Crippen molar-refractivity contribution in [2.45, 2.75) is 19.0 Å². The van der Waals surface area contributed by atoms with Crippen LogP contribution in [0.5, 0.6) is 11.5 Å². The van der Waals surface area contributed by atoms with E-state index >= 15 is 0 Å². The second-order valence-corrected chi connectivity index (χ2v) is 8.27. The molecule has 7 nitrogen and oxygen atoms in total. The predicted octanol–water partition coefficient (Wildman–Crippen LogP) is 3.07. The lowest BCUT2D eigenvalue weighted by Crippen LogP contribution is -2.21. The number of nitrogens with zero attached hydrogens (tertiary/aromatic N) is 2. The average molecular weight is 403 g/mol. The number of aryl methyl sites for hydroxylation is 2. The molecular weight excluding hydrogens is 386 g/mol. The molecule has 1 aromatic carbocycles. The third-order valence-corrected chi connectivity index (χ3v) is 6.49. The molecule has 140 valence electrons. The van der Waals surface area contributed by atoms with E-state index in [9.17, 15) is 9.59 Å². The molecule has 0 saturated heterocycles. The van der Waals surface area contributed by atoms with Crippen LogP contribution in [0.4, 0.5) is 5.69 Å². The summed E-state index contributed by atoms with van der Waals surface area (Å²) in [4.78, 5) is 31.3. The van der Waals surface area contributed by atoms with Gasteiger partial charge < -0.3 is 14.8 Å². The maximum absolute atomic E-state index is 12.6. The Morgan fingerprint density at radius 2 is 2.11 bits per heavy atom. The number of thioether (sulfide) groups is 1. The summed E-state index contributed by atoms with van der Waals surface area (Å²) in [5.41, 5.74) is 1.52. The van der Waals surface area contributed by atoms with E-state index in [2.05, 4.69) is 10.3 Å². The van der Waals surface area contributed by atoms with Gasteiger partial charge in [0.2, 0.25) is 12.7 Å². The van der Waals surface area contributed by atoms with Crippen LogP contribution in [0.1, 0.15) is 10.4 Å². The molecule has 3 heterocycles. The fraction of sp³-hybridized carbons (Fsp3) is 0.278. The predicted molar refractivity (Wildman–Crippen MR) is 106 cm³/mol. The fourth-order valence-corrected chi connectivity index (χ4v) is 4.63. The van der Waals surface area contributed by atoms with Crippen LogP contribution >= 0.6 is 23.1 Å². The highest BCUT2D eigenvalue weighted by molar-refractivity contribution is 7.99. The van der Waals surface area contributed by atoms with Crippen molar-refractivity contribution in [1.82, 2.24) is 9.55 Å². The molecule has 0 unspecified atom stereocenters. The van der Waals surface area contributed by atoms with Crippen LogP contribution in [0.15, 0.2) is 28.2 Å². The molecule has 0 spiro atoms. The molecule has 4 rings (SSSR count). The Labute approximate surface area is 163 Å². The Balaban J connectivity index is 1.49. The maximum atomic E-state index is 12.6. The normalized spacial score (nSPS) is 12.6. The Morgan fingerprint density at radius 1 is 1.33 bits per heavy atom. The van der Waals surface area contributed by atoms with E-state index in [1.165, 1.54) is 27.7 Å². The number of amides is 1. The molecule has 1 N–H and O–H groups in total. The van der Waals surface area contributed by atoms with Crippen LogP contribution in [0.3, 0.4) is 0 Å². The summed E-state index contributed by atoms with van der Waals surface area (Å²) in [6, 6.07) is 5.24. The minimum atomic E-state index is -0.188. The van der Waals surface area contributed by atoms with Crippen molar-refractivity contribution in [3.63, 3.8) is 0 Å². The lowest BCUT2D eigenvalue weighted by Gasteiger charge is -2.08. The van der Waals surface area contributed by atoms with Gasteiger partial charge in [-0.2, -0.15) is 0 Å². The third kappa shape index (κ3) is 3.28. The van der Waals surface area contributed by atoms with Gasteiger partial charge >= 0.3 is 0 Å². The number of carbonyl (C=O) groups excluding carboxylic acids is 1. The number of thiophene rings is 1. The highest BCUT2D eigenvalue weighted by Crippen LogP contribution is 2.34. The van der Waals surface area contributed by atoms with E-state index in [0.29, 0.717) is 32.6 Å². The van der Waals surface area contributed by atoms with Gasteiger partial charge in [0.05, 0.1) is 11.1 Å². The summed E-state index contributed by atoms with van der Waals surface area (Å²) < 4.78 is 12.1. The van der Waals surface area contributed by atoms with Gasteiger partial charge in [0, 0.05) is 23.7 Å². The summed E-state index contributed by atoms with van der Waals surface area (Å²) >= 11 is 2.73. The van der Waals surface area contributed by atoms with E-state index in [1.54, 1.807) is 25.2 Å². The van der Waals surface area contributed by atoms with Gasteiger partial charge in [-0.1, -0.05) is 11.8 Å². The van der Waals surface area contributed by atoms with Crippen molar-refractivity contribution in [2.75, 3.05) is 17.9 Å². The van der Waals surface area contributed by atoms with Gasteiger partial charge in [-0.25, -0.2) is 4.98 Å². The highest BCUT2D eigenvalue weighted by Gasteiger charge is 2.17. The quantitative estimate of drug-likeness (QED) is 0.533. The number of rotatable bonds is 4. The molecule has 0 fully saturated rings. The topological polar surface area (TPSA) is 82.4 Å². The van der Waals surface area contributed by atoms with Gasteiger partial charge in [-0.05, 0) is 31.5 Å². The van der Waals surface area contributed by atoms with Crippen molar-refractivity contribution < 1.29 is 14.3 Å². The second kappa shape index (κ2) is 6.90. The van der Waals surface area contributed by atoms with Crippen LogP contribution < -0.4 is 20.3 Å². The second-order valence-electron chi connectivity index (χ2n) is 6.13. The Bertz CT molecular complexity index is 1120. The summed E-state index contributed by atoms with van der Waals surface area (Å²) in [6.07, 6.45) is 0. The van der Waals surface area contributed by atoms with Gasteiger partial charge in [-0.3, -0.25) is 14.2 Å². The van der Waals surface area contributed by atoms with E-state index in [-0.39, 0.29) is 24.0 Å². The molecular formula is C18H17N3O4S2. The molecule has 27 heavy (non-hydrogen) atoms. The van der Waals surface area contributed by atoms with Crippen molar-refractivity contribution in [2.24, 2.45) is 7.05 Å². The standard InChI is InChI=1S/C18H17N3O4S2/c1-9-10(2)27-16-15(9)17(23)21(3)18(20-16)26-7-14(22)19-11-4-5-12-13(6-11)25-8-24-12/h4-6H,7-8H2,1-3H3,(H,19,22). The SMILES string of the molecule is Cc1sc2nc(SCC(=O)Nc3ccc4c(c3)OCO4)n(C)c(=O)c2c1C. The Kier molecular flexibility index (Phi) is 4.56. The van der Waals surface area contributed by atoms with Crippen molar-refractivity contribution in [3.8, 4) is 11.5 Å². The molecule has 1 aliphatic heterocycles. The van der Waals surface area contributed by atoms with Crippen LogP contribution in [0, 0.1) is 13.8 Å². The summed E-state index contributed by atoms with van der Waals surface area (Å²) in [5.74, 6) is 1.23. The zero-order valence-corrected chi connectivity index (χ0v) is 16.6. The number of hydrogen-bond donors (Lipinski definition) is 1. The summed E-state index contributed by atoms with van der Waals surface area (Å²) in [5, 5.41) is 4.00. The Morgan fingerprint density at radius 3 is 2.93 bits per heavy atom. The van der Waals surface area contributed by atoms with Gasteiger partial charge in [-0.15, -0.1) is 11.3 Å². The van der Waals surface area contributed by atoms with Crippen molar-refractivity contribution >= 4 is 44.9 Å². The molecule has 1 aliphatic rings. The van der Waals surface area contributed by atoms with Crippen LogP contribution in [0.25, 0.3) is 10.2 Å². The van der Waals surface area contributed by atoms with Crippen LogP contribution in [0.2, 0.25) is 0 Å². The largest absolute Gasteiger partial charge is 0.454 e. The van der Waals surface area contributed by atoms with Crippen LogP contribution in [-0.2, 0) is 11.8 Å². The van der Waals surface area contributed by atoms with E-state index in [4.69, 9.17) is 9.47 Å². The number of anilines is 1. The number of fused-ring (bicyclic) bond motifs is 2. The third-order valence-electron chi connectivity index (χ3n) is 4.36. The smallest absolute Gasteiger partial charge is 0.262 e. The molecule has 0 bridgehead atoms. The van der Waals surface area contributed by atoms with Gasteiger partial charge in [0.15, 0.2) is 16.7 Å². The zero-order chi connectivity index (χ0) is 19.1. The number of nitrogens with one attached hydrogen (secondary N) is 1. The van der Waals surface area contributed by atoms with Crippen molar-refractivity contribution in [3.05, 3.63) is 39.0 Å². The minimum absolute atomic E-state index is 0.0828. The lowest BCUT2D eigenvalue weighted by molar-refractivity contribution is -0.113. The monoisotopic (exact) mass is 403 g/mol. The minimum Gasteiger partial charge on any atom is -0.454 e.